The lowest BCUT2D eigenvalue weighted by molar-refractivity contribution is -0.137. The summed E-state index contributed by atoms with van der Waals surface area (Å²) in [7, 11) is 0. The van der Waals surface area contributed by atoms with Gasteiger partial charge in [-0.25, -0.2) is 9.97 Å². The minimum absolute atomic E-state index is 0.282. The first-order chi connectivity index (χ1) is 13.0. The van der Waals surface area contributed by atoms with Crippen molar-refractivity contribution in [1.29, 1.82) is 0 Å². The summed E-state index contributed by atoms with van der Waals surface area (Å²) < 4.78 is 0. The summed E-state index contributed by atoms with van der Waals surface area (Å²) in [4.78, 5) is 30.7. The van der Waals surface area contributed by atoms with Crippen LogP contribution in [-0.2, 0) is 22.4 Å². The number of carboxylic acids is 2. The number of terminal acetylenes is 1. The van der Waals surface area contributed by atoms with E-state index in [1.54, 1.807) is 24.3 Å². The Morgan fingerprint density at radius 1 is 1.04 bits per heavy atom. The number of fused-ring (bicyclic) bond motifs is 1. The molecule has 3 N–H and O–H groups in total. The molecule has 7 nitrogen and oxygen atoms in total. The first-order valence-electron chi connectivity index (χ1n) is 8.00. The average molecular weight is 361 g/mol. The third-order valence-electron chi connectivity index (χ3n) is 3.93. The molecule has 0 aliphatic carbocycles. The molecule has 134 valence electrons. The van der Waals surface area contributed by atoms with Gasteiger partial charge in [-0.3, -0.25) is 9.59 Å². The van der Waals surface area contributed by atoms with Crippen molar-refractivity contribution in [3.63, 3.8) is 0 Å². The second kappa shape index (κ2) is 7.54. The maximum absolute atomic E-state index is 11.2. The van der Waals surface area contributed by atoms with Gasteiger partial charge in [0.2, 0.25) is 0 Å². The quantitative estimate of drug-likeness (QED) is 0.579. The van der Waals surface area contributed by atoms with Gasteiger partial charge in [0.05, 0.1) is 18.4 Å². The zero-order valence-electron chi connectivity index (χ0n) is 14.1. The average Bonchev–Trinajstić information content (AvgIpc) is 2.62. The van der Waals surface area contributed by atoms with Crippen LogP contribution in [0, 0.1) is 12.3 Å². The number of nitrogens with zero attached hydrogens (tertiary/aromatic N) is 2. The zero-order chi connectivity index (χ0) is 19.4. The fourth-order valence-electron chi connectivity index (χ4n) is 2.77. The van der Waals surface area contributed by atoms with Crippen LogP contribution < -0.4 is 5.32 Å². The van der Waals surface area contributed by atoms with Crippen LogP contribution in [-0.4, -0.2) is 32.1 Å². The number of carbonyl (C=O) groups is 2. The van der Waals surface area contributed by atoms with Gasteiger partial charge in [-0.2, -0.15) is 0 Å². The molecule has 27 heavy (non-hydrogen) atoms. The van der Waals surface area contributed by atoms with Crippen molar-refractivity contribution in [3.05, 3.63) is 59.4 Å². The van der Waals surface area contributed by atoms with Crippen molar-refractivity contribution >= 4 is 34.3 Å². The Kier molecular flexibility index (Phi) is 4.99. The van der Waals surface area contributed by atoms with Crippen LogP contribution >= 0.6 is 0 Å². The highest BCUT2D eigenvalue weighted by molar-refractivity contribution is 5.93. The van der Waals surface area contributed by atoms with Crippen molar-refractivity contribution in [2.75, 3.05) is 5.32 Å². The van der Waals surface area contributed by atoms with E-state index in [0.717, 1.165) is 5.69 Å². The van der Waals surface area contributed by atoms with Crippen LogP contribution in [0.15, 0.2) is 42.7 Å². The zero-order valence-corrected chi connectivity index (χ0v) is 14.1. The highest BCUT2D eigenvalue weighted by Gasteiger charge is 2.14. The van der Waals surface area contributed by atoms with E-state index in [1.807, 2.05) is 12.1 Å². The molecule has 3 aromatic rings. The van der Waals surface area contributed by atoms with Gasteiger partial charge in [0.15, 0.2) is 0 Å². The minimum atomic E-state index is -1.05. The lowest BCUT2D eigenvalue weighted by Gasteiger charge is -2.12. The number of hydrogen-bond donors (Lipinski definition) is 3. The van der Waals surface area contributed by atoms with Crippen molar-refractivity contribution in [2.45, 2.75) is 12.8 Å². The topological polar surface area (TPSA) is 112 Å². The van der Waals surface area contributed by atoms with Gasteiger partial charge in [-0.05, 0) is 41.5 Å². The van der Waals surface area contributed by atoms with E-state index in [2.05, 4.69) is 21.2 Å². The number of aliphatic carboxylic acids is 2. The van der Waals surface area contributed by atoms with Gasteiger partial charge < -0.3 is 15.5 Å². The monoisotopic (exact) mass is 361 g/mol. The molecule has 0 saturated heterocycles. The Morgan fingerprint density at radius 2 is 1.74 bits per heavy atom. The second-order valence-electron chi connectivity index (χ2n) is 5.85. The fourth-order valence-corrected chi connectivity index (χ4v) is 2.77. The molecule has 0 fully saturated rings. The fraction of sp³-hybridized carbons (Fsp3) is 0.100. The van der Waals surface area contributed by atoms with Crippen LogP contribution in [0.5, 0.6) is 0 Å². The Labute approximate surface area is 154 Å². The summed E-state index contributed by atoms with van der Waals surface area (Å²) in [6, 6.07) is 10.4. The van der Waals surface area contributed by atoms with Crippen LogP contribution in [0.2, 0.25) is 0 Å². The summed E-state index contributed by atoms with van der Waals surface area (Å²) >= 11 is 0. The summed E-state index contributed by atoms with van der Waals surface area (Å²) in [5.74, 6) is 0.938. The van der Waals surface area contributed by atoms with E-state index in [-0.39, 0.29) is 12.8 Å². The molecular formula is C20H15N3O4. The van der Waals surface area contributed by atoms with Crippen LogP contribution in [0.4, 0.5) is 11.5 Å². The largest absolute Gasteiger partial charge is 0.481 e. The van der Waals surface area contributed by atoms with Crippen molar-refractivity contribution in [2.24, 2.45) is 0 Å². The number of aromatic nitrogens is 2. The molecule has 0 radical (unpaired) electrons. The normalized spacial score (nSPS) is 10.3. The second-order valence-corrected chi connectivity index (χ2v) is 5.85. The third-order valence-corrected chi connectivity index (χ3v) is 3.93. The van der Waals surface area contributed by atoms with Crippen LogP contribution in [0.3, 0.4) is 0 Å². The van der Waals surface area contributed by atoms with E-state index in [1.165, 1.54) is 6.33 Å². The van der Waals surface area contributed by atoms with E-state index in [4.69, 9.17) is 16.6 Å². The smallest absolute Gasteiger partial charge is 0.307 e. The summed E-state index contributed by atoms with van der Waals surface area (Å²) in [5, 5.41) is 22.0. The van der Waals surface area contributed by atoms with Crippen molar-refractivity contribution < 1.29 is 19.8 Å². The molecule has 0 bridgehead atoms. The first-order valence-corrected chi connectivity index (χ1v) is 8.00. The van der Waals surface area contributed by atoms with Gasteiger partial charge in [0, 0.05) is 16.6 Å². The molecule has 0 saturated carbocycles. The van der Waals surface area contributed by atoms with Crippen LogP contribution in [0.1, 0.15) is 16.7 Å². The number of carboxylic acid groups (broad SMARTS) is 2. The number of hydrogen-bond acceptors (Lipinski definition) is 5. The molecule has 3 rings (SSSR count). The maximum atomic E-state index is 11.2. The molecule has 7 heteroatoms. The molecule has 0 aliphatic rings. The highest BCUT2D eigenvalue weighted by atomic mass is 16.4. The standard InChI is InChI=1S/C20H15N3O4/c1-2-12-4-3-5-15(6-12)23-20-16-7-13(9-18(24)25)14(10-19(26)27)8-17(16)21-11-22-20/h1,3-8,11H,9-10H2,(H,24,25)(H,26,27)(H,21,22,23). The predicted molar refractivity (Wildman–Crippen MR) is 99.9 cm³/mol. The lowest BCUT2D eigenvalue weighted by Crippen LogP contribution is -2.09. The van der Waals surface area contributed by atoms with Gasteiger partial charge in [-0.15, -0.1) is 6.42 Å². The summed E-state index contributed by atoms with van der Waals surface area (Å²) in [6.45, 7) is 0. The number of anilines is 2. The Bertz CT molecular complexity index is 1090. The summed E-state index contributed by atoms with van der Waals surface area (Å²) in [5.41, 5.74) is 2.77. The molecule has 1 heterocycles. The first kappa shape index (κ1) is 17.9. The lowest BCUT2D eigenvalue weighted by atomic mass is 9.99. The minimum Gasteiger partial charge on any atom is -0.481 e. The maximum Gasteiger partial charge on any atom is 0.307 e. The van der Waals surface area contributed by atoms with E-state index >= 15 is 0 Å². The number of benzene rings is 2. The van der Waals surface area contributed by atoms with Gasteiger partial charge in [-0.1, -0.05) is 12.0 Å². The van der Waals surface area contributed by atoms with Crippen molar-refractivity contribution in [3.8, 4) is 12.3 Å². The van der Waals surface area contributed by atoms with E-state index < -0.39 is 11.9 Å². The molecule has 0 unspecified atom stereocenters. The SMILES string of the molecule is C#Cc1cccc(Nc2ncnc3cc(CC(=O)O)c(CC(=O)O)cc23)c1. The Hall–Kier alpha value is -3.92. The van der Waals surface area contributed by atoms with Crippen molar-refractivity contribution in [1.82, 2.24) is 9.97 Å². The molecule has 0 aliphatic heterocycles. The molecule has 1 aromatic heterocycles. The van der Waals surface area contributed by atoms with Gasteiger partial charge in [0.1, 0.15) is 12.1 Å². The van der Waals surface area contributed by atoms with E-state index in [0.29, 0.717) is 33.4 Å². The molecule has 0 spiro atoms. The molecule has 0 amide bonds. The number of nitrogens with one attached hydrogen (secondary N) is 1. The predicted octanol–water partition coefficient (Wildman–Crippen LogP) is 2.61. The third kappa shape index (κ3) is 4.19. The molecular weight excluding hydrogens is 346 g/mol. The van der Waals surface area contributed by atoms with Gasteiger partial charge in [0.25, 0.3) is 0 Å². The van der Waals surface area contributed by atoms with Gasteiger partial charge >= 0.3 is 11.9 Å². The molecule has 0 atom stereocenters. The Balaban J connectivity index is 2.09. The van der Waals surface area contributed by atoms with E-state index in [9.17, 15) is 9.59 Å². The number of rotatable bonds is 6. The Morgan fingerprint density at radius 3 is 2.41 bits per heavy atom. The molecule has 2 aromatic carbocycles. The summed E-state index contributed by atoms with van der Waals surface area (Å²) in [6.07, 6.45) is 6.20. The highest BCUT2D eigenvalue weighted by Crippen LogP contribution is 2.27. The van der Waals surface area contributed by atoms with Crippen LogP contribution in [0.25, 0.3) is 10.9 Å².